The monoisotopic (exact) mass is 298 g/mol. The maximum absolute atomic E-state index is 13.3. The molecule has 7 heteroatoms. The summed E-state index contributed by atoms with van der Waals surface area (Å²) in [5, 5.41) is 5.06. The van der Waals surface area contributed by atoms with Gasteiger partial charge >= 0.3 is 0 Å². The van der Waals surface area contributed by atoms with Crippen molar-refractivity contribution in [3.63, 3.8) is 0 Å². The van der Waals surface area contributed by atoms with E-state index in [1.54, 1.807) is 0 Å². The molecule has 0 unspecified atom stereocenters. The summed E-state index contributed by atoms with van der Waals surface area (Å²) in [6.45, 7) is 2.81. The van der Waals surface area contributed by atoms with Crippen LogP contribution in [0.25, 0.3) is 0 Å². The number of carbonyl (C=O) groups excluding carboxylic acids is 1. The van der Waals surface area contributed by atoms with Crippen molar-refractivity contribution in [2.75, 3.05) is 13.1 Å². The van der Waals surface area contributed by atoms with Crippen LogP contribution in [0.4, 0.5) is 4.39 Å². The van der Waals surface area contributed by atoms with E-state index in [1.165, 1.54) is 10.5 Å². The smallest absolute Gasteiger partial charge is 0.255 e. The predicted molar refractivity (Wildman–Crippen MR) is 72.1 cm³/mol. The van der Waals surface area contributed by atoms with E-state index in [2.05, 4.69) is 0 Å². The molecule has 108 valence electrons. The van der Waals surface area contributed by atoms with E-state index in [0.29, 0.717) is 19.5 Å². The first-order valence-electron chi connectivity index (χ1n) is 6.06. The van der Waals surface area contributed by atoms with Crippen molar-refractivity contribution in [2.45, 2.75) is 18.2 Å². The second-order valence-corrected chi connectivity index (χ2v) is 6.27. The Morgan fingerprint density at radius 3 is 2.65 bits per heavy atom. The minimum absolute atomic E-state index is 0.222. The van der Waals surface area contributed by atoms with E-state index in [4.69, 9.17) is 5.14 Å². The van der Waals surface area contributed by atoms with Crippen LogP contribution in [0.3, 0.4) is 0 Å². The van der Waals surface area contributed by atoms with Crippen molar-refractivity contribution in [1.82, 2.24) is 4.90 Å². The third-order valence-electron chi connectivity index (χ3n) is 3.20. The van der Waals surface area contributed by atoms with E-state index < -0.39 is 21.7 Å². The van der Waals surface area contributed by atoms with Crippen LogP contribution in [0, 0.1) is 5.82 Å². The van der Waals surface area contributed by atoms with Crippen molar-refractivity contribution in [3.8, 4) is 0 Å². The minimum Gasteiger partial charge on any atom is -0.335 e. The number of amides is 1. The number of hydrogen-bond donors (Lipinski definition) is 1. The standard InChI is InChI=1S/C13H15FN2O3S/c1-9-4-6-16(7-5-9)13(17)11-8-10(14)2-3-12(11)20(15,18)19/h2-4,8H,5-7H2,1H3,(H2,15,18,19). The third-order valence-corrected chi connectivity index (χ3v) is 4.17. The average Bonchev–Trinajstić information content (AvgIpc) is 2.37. The number of nitrogens with zero attached hydrogens (tertiary/aromatic N) is 1. The van der Waals surface area contributed by atoms with Crippen molar-refractivity contribution >= 4 is 15.9 Å². The Morgan fingerprint density at radius 1 is 1.40 bits per heavy atom. The molecule has 0 saturated heterocycles. The Labute approximate surface area is 116 Å². The predicted octanol–water partition coefficient (Wildman–Crippen LogP) is 1.27. The minimum atomic E-state index is -4.07. The highest BCUT2D eigenvalue weighted by Gasteiger charge is 2.24. The molecule has 0 spiro atoms. The van der Waals surface area contributed by atoms with E-state index in [1.807, 2.05) is 13.0 Å². The Balaban J connectivity index is 2.42. The number of halogens is 1. The van der Waals surface area contributed by atoms with Crippen LogP contribution >= 0.6 is 0 Å². The van der Waals surface area contributed by atoms with Gasteiger partial charge in [0.25, 0.3) is 5.91 Å². The molecule has 5 nitrogen and oxygen atoms in total. The molecule has 1 aliphatic rings. The van der Waals surface area contributed by atoms with E-state index in [0.717, 1.165) is 18.2 Å². The van der Waals surface area contributed by atoms with Crippen LogP contribution in [-0.4, -0.2) is 32.3 Å². The first kappa shape index (κ1) is 14.7. The van der Waals surface area contributed by atoms with Gasteiger partial charge in [0.15, 0.2) is 0 Å². The van der Waals surface area contributed by atoms with Crippen LogP contribution in [-0.2, 0) is 10.0 Å². The van der Waals surface area contributed by atoms with Gasteiger partial charge < -0.3 is 4.90 Å². The zero-order valence-electron chi connectivity index (χ0n) is 11.0. The molecule has 2 rings (SSSR count). The summed E-state index contributed by atoms with van der Waals surface area (Å²) in [7, 11) is -4.07. The van der Waals surface area contributed by atoms with Crippen LogP contribution < -0.4 is 5.14 Å². The van der Waals surface area contributed by atoms with E-state index in [-0.39, 0.29) is 10.5 Å². The summed E-state index contributed by atoms with van der Waals surface area (Å²) in [5.74, 6) is -1.21. The van der Waals surface area contributed by atoms with Gasteiger partial charge in [-0.3, -0.25) is 4.79 Å². The molecule has 1 aromatic rings. The van der Waals surface area contributed by atoms with Gasteiger partial charge in [-0.25, -0.2) is 17.9 Å². The van der Waals surface area contributed by atoms with E-state index in [9.17, 15) is 17.6 Å². The Kier molecular flexibility index (Phi) is 3.92. The molecule has 0 aromatic heterocycles. The SMILES string of the molecule is CC1=CCN(C(=O)c2cc(F)ccc2S(N)(=O)=O)CC1. The van der Waals surface area contributed by atoms with Crippen molar-refractivity contribution in [3.05, 3.63) is 41.2 Å². The lowest BCUT2D eigenvalue weighted by molar-refractivity contribution is 0.0764. The van der Waals surface area contributed by atoms with Crippen LogP contribution in [0.2, 0.25) is 0 Å². The highest BCUT2D eigenvalue weighted by molar-refractivity contribution is 7.89. The highest BCUT2D eigenvalue weighted by Crippen LogP contribution is 2.20. The molecule has 0 fully saturated rings. The molecular formula is C13H15FN2O3S. The molecule has 2 N–H and O–H groups in total. The van der Waals surface area contributed by atoms with E-state index >= 15 is 0 Å². The highest BCUT2D eigenvalue weighted by atomic mass is 32.2. The zero-order chi connectivity index (χ0) is 14.9. The van der Waals surface area contributed by atoms with Gasteiger partial charge in [0.1, 0.15) is 5.82 Å². The van der Waals surface area contributed by atoms with Crippen LogP contribution in [0.1, 0.15) is 23.7 Å². The van der Waals surface area contributed by atoms with Crippen molar-refractivity contribution in [1.29, 1.82) is 0 Å². The third kappa shape index (κ3) is 3.05. The zero-order valence-corrected chi connectivity index (χ0v) is 11.8. The number of primary sulfonamides is 1. The quantitative estimate of drug-likeness (QED) is 0.835. The molecule has 20 heavy (non-hydrogen) atoms. The normalized spacial score (nSPS) is 15.9. The summed E-state index contributed by atoms with van der Waals surface area (Å²) in [6, 6.07) is 2.90. The fraction of sp³-hybridized carbons (Fsp3) is 0.308. The first-order chi connectivity index (χ1) is 9.29. The molecule has 1 heterocycles. The number of hydrogen-bond acceptors (Lipinski definition) is 3. The van der Waals surface area contributed by atoms with Gasteiger partial charge in [-0.15, -0.1) is 0 Å². The fourth-order valence-electron chi connectivity index (χ4n) is 2.04. The lowest BCUT2D eigenvalue weighted by Crippen LogP contribution is -2.35. The lowest BCUT2D eigenvalue weighted by atomic mass is 10.1. The van der Waals surface area contributed by atoms with Crippen LogP contribution in [0.15, 0.2) is 34.7 Å². The molecule has 1 aromatic carbocycles. The fourth-order valence-corrected chi connectivity index (χ4v) is 2.75. The maximum atomic E-state index is 13.3. The Morgan fingerprint density at radius 2 is 2.10 bits per heavy atom. The molecule has 0 bridgehead atoms. The van der Waals surface area contributed by atoms with Gasteiger partial charge in [-0.1, -0.05) is 11.6 Å². The molecule has 1 aliphatic heterocycles. The molecule has 0 radical (unpaired) electrons. The average molecular weight is 298 g/mol. The second-order valence-electron chi connectivity index (χ2n) is 4.74. The van der Waals surface area contributed by atoms with Gasteiger partial charge in [-0.05, 0) is 31.5 Å². The molecule has 0 saturated carbocycles. The Hall–Kier alpha value is -1.73. The largest absolute Gasteiger partial charge is 0.335 e. The van der Waals surface area contributed by atoms with Gasteiger partial charge in [0.05, 0.1) is 10.5 Å². The van der Waals surface area contributed by atoms with Gasteiger partial charge in [0.2, 0.25) is 10.0 Å². The number of sulfonamides is 1. The summed E-state index contributed by atoms with van der Waals surface area (Å²) < 4.78 is 36.3. The summed E-state index contributed by atoms with van der Waals surface area (Å²) in [5.41, 5.74) is 0.945. The van der Waals surface area contributed by atoms with Crippen molar-refractivity contribution in [2.24, 2.45) is 5.14 Å². The molecular weight excluding hydrogens is 283 g/mol. The topological polar surface area (TPSA) is 80.5 Å². The lowest BCUT2D eigenvalue weighted by Gasteiger charge is -2.26. The van der Waals surface area contributed by atoms with Gasteiger partial charge in [0, 0.05) is 13.1 Å². The number of carbonyl (C=O) groups is 1. The molecule has 1 amide bonds. The second kappa shape index (κ2) is 5.34. The molecule has 0 atom stereocenters. The summed E-state index contributed by atoms with van der Waals surface area (Å²) in [6.07, 6.45) is 2.60. The number of benzene rings is 1. The maximum Gasteiger partial charge on any atom is 0.255 e. The summed E-state index contributed by atoms with van der Waals surface area (Å²) >= 11 is 0. The van der Waals surface area contributed by atoms with Crippen LogP contribution in [0.5, 0.6) is 0 Å². The summed E-state index contributed by atoms with van der Waals surface area (Å²) in [4.78, 5) is 13.5. The molecule has 0 aliphatic carbocycles. The number of nitrogens with two attached hydrogens (primary N) is 1. The first-order valence-corrected chi connectivity index (χ1v) is 7.61. The number of rotatable bonds is 2. The Bertz CT molecular complexity index is 683. The van der Waals surface area contributed by atoms with Gasteiger partial charge in [-0.2, -0.15) is 0 Å². The van der Waals surface area contributed by atoms with Crippen molar-refractivity contribution < 1.29 is 17.6 Å².